The minimum Gasteiger partial charge on any atom is -0.491 e. The Hall–Kier alpha value is -2.19. The van der Waals surface area contributed by atoms with Crippen LogP contribution in [0.3, 0.4) is 0 Å². The smallest absolute Gasteiger partial charge is 0.268 e. The van der Waals surface area contributed by atoms with Crippen LogP contribution in [0.4, 0.5) is 5.69 Å². The second-order valence-corrected chi connectivity index (χ2v) is 9.82. The van der Waals surface area contributed by atoms with Crippen molar-refractivity contribution in [2.24, 2.45) is 5.11 Å². The largest absolute Gasteiger partial charge is 0.491 e. The maximum atomic E-state index is 10.9. The summed E-state index contributed by atoms with van der Waals surface area (Å²) in [6.07, 6.45) is 0. The SMILES string of the molecule is N=Nc1cc(OCCS(=O)(=O)O)c(Sc2ccccc2)cc1OCCS(=O)(=O)O. The van der Waals surface area contributed by atoms with E-state index in [0.717, 1.165) is 4.90 Å². The van der Waals surface area contributed by atoms with Gasteiger partial charge in [-0.15, -0.1) is 0 Å². The molecular weight excluding hydrogens is 444 g/mol. The van der Waals surface area contributed by atoms with Gasteiger partial charge in [-0.25, -0.2) is 5.53 Å². The monoisotopic (exact) mass is 462 g/mol. The lowest BCUT2D eigenvalue weighted by Crippen LogP contribution is -2.13. The number of hydrogen-bond donors (Lipinski definition) is 3. The molecule has 0 heterocycles. The van der Waals surface area contributed by atoms with Gasteiger partial charge in [0.1, 0.15) is 41.9 Å². The van der Waals surface area contributed by atoms with Crippen LogP contribution in [-0.4, -0.2) is 50.7 Å². The van der Waals surface area contributed by atoms with Crippen molar-refractivity contribution in [3.05, 3.63) is 42.5 Å². The van der Waals surface area contributed by atoms with Crippen molar-refractivity contribution < 1.29 is 35.4 Å². The maximum absolute atomic E-state index is 10.9. The Labute approximate surface area is 172 Å². The first-order valence-electron chi connectivity index (χ1n) is 8.02. The van der Waals surface area contributed by atoms with Gasteiger partial charge >= 0.3 is 0 Å². The first-order valence-corrected chi connectivity index (χ1v) is 12.1. The molecule has 0 aliphatic heterocycles. The van der Waals surface area contributed by atoms with Gasteiger partial charge in [-0.05, 0) is 12.1 Å². The standard InChI is InChI=1S/C16H18N2O8S3/c17-18-13-10-15(26-7-9-29(22,23)24)16(27-12-4-2-1-3-5-12)11-14(13)25-6-8-28(19,20)21/h1-5,10-11,17H,6-9H2,(H,19,20,21)(H,22,23,24). The van der Waals surface area contributed by atoms with Crippen molar-refractivity contribution in [3.63, 3.8) is 0 Å². The molecule has 2 aromatic carbocycles. The number of ether oxygens (including phenoxy) is 2. The average Bonchev–Trinajstić information content (AvgIpc) is 2.62. The van der Waals surface area contributed by atoms with E-state index < -0.39 is 31.7 Å². The minimum absolute atomic E-state index is 0.0135. The van der Waals surface area contributed by atoms with Crippen molar-refractivity contribution in [3.8, 4) is 11.5 Å². The fraction of sp³-hybridized carbons (Fsp3) is 0.250. The maximum Gasteiger partial charge on any atom is 0.268 e. The van der Waals surface area contributed by atoms with E-state index in [1.54, 1.807) is 0 Å². The van der Waals surface area contributed by atoms with Crippen LogP contribution in [0.5, 0.6) is 11.5 Å². The normalized spacial score (nSPS) is 11.8. The summed E-state index contributed by atoms with van der Waals surface area (Å²) >= 11 is 1.26. The number of nitrogens with zero attached hydrogens (tertiary/aromatic N) is 1. The Balaban J connectivity index is 2.32. The molecule has 2 rings (SSSR count). The molecule has 0 aliphatic rings. The average molecular weight is 463 g/mol. The zero-order chi connectivity index (χ0) is 21.5. The lowest BCUT2D eigenvalue weighted by atomic mass is 10.2. The quantitative estimate of drug-likeness (QED) is 0.336. The molecular formula is C16H18N2O8S3. The van der Waals surface area contributed by atoms with E-state index in [4.69, 9.17) is 24.1 Å². The molecule has 0 unspecified atom stereocenters. The van der Waals surface area contributed by atoms with E-state index in [-0.39, 0.29) is 30.4 Å². The van der Waals surface area contributed by atoms with Gasteiger partial charge in [0.15, 0.2) is 0 Å². The molecule has 29 heavy (non-hydrogen) atoms. The van der Waals surface area contributed by atoms with Crippen LogP contribution in [0.1, 0.15) is 0 Å². The van der Waals surface area contributed by atoms with Gasteiger partial charge < -0.3 is 9.47 Å². The third-order valence-corrected chi connectivity index (χ3v) is 5.73. The minimum atomic E-state index is -4.22. The van der Waals surface area contributed by atoms with Crippen molar-refractivity contribution in [2.45, 2.75) is 9.79 Å². The van der Waals surface area contributed by atoms with Gasteiger partial charge in [0.2, 0.25) is 0 Å². The lowest BCUT2D eigenvalue weighted by Gasteiger charge is -2.15. The Morgan fingerprint density at radius 1 is 0.897 bits per heavy atom. The molecule has 0 amide bonds. The molecule has 2 aromatic rings. The van der Waals surface area contributed by atoms with Crippen LogP contribution in [0.15, 0.2) is 57.4 Å². The summed E-state index contributed by atoms with van der Waals surface area (Å²) in [4.78, 5) is 1.31. The lowest BCUT2D eigenvalue weighted by molar-refractivity contribution is 0.320. The van der Waals surface area contributed by atoms with Crippen molar-refractivity contribution >= 4 is 37.7 Å². The summed E-state index contributed by atoms with van der Waals surface area (Å²) in [5.41, 5.74) is 7.30. The number of benzene rings is 2. The molecule has 3 N–H and O–H groups in total. The third-order valence-electron chi connectivity index (χ3n) is 3.31. The molecule has 0 atom stereocenters. The van der Waals surface area contributed by atoms with Crippen molar-refractivity contribution in [1.82, 2.24) is 0 Å². The molecule has 10 nitrogen and oxygen atoms in total. The van der Waals surface area contributed by atoms with Gasteiger partial charge in [0.05, 0.1) is 4.90 Å². The van der Waals surface area contributed by atoms with Gasteiger partial charge in [0, 0.05) is 17.0 Å². The summed E-state index contributed by atoms with van der Waals surface area (Å²) in [6.45, 7) is -0.693. The highest BCUT2D eigenvalue weighted by Gasteiger charge is 2.16. The summed E-state index contributed by atoms with van der Waals surface area (Å²) in [5.74, 6) is -0.972. The Kier molecular flexibility index (Phi) is 7.98. The van der Waals surface area contributed by atoms with Crippen LogP contribution in [0, 0.1) is 5.53 Å². The Morgan fingerprint density at radius 3 is 1.97 bits per heavy atom. The topological polar surface area (TPSA) is 163 Å². The zero-order valence-corrected chi connectivity index (χ0v) is 17.3. The molecule has 0 saturated carbocycles. The first kappa shape index (κ1) is 23.1. The number of hydrogen-bond acceptors (Lipinski definition) is 9. The highest BCUT2D eigenvalue weighted by Crippen LogP contribution is 2.42. The number of nitrogens with one attached hydrogen (secondary N) is 1. The first-order chi connectivity index (χ1) is 13.6. The molecule has 158 valence electrons. The molecule has 0 radical (unpaired) electrons. The van der Waals surface area contributed by atoms with Gasteiger partial charge in [-0.1, -0.05) is 30.0 Å². The Morgan fingerprint density at radius 2 is 1.45 bits per heavy atom. The highest BCUT2D eigenvalue weighted by molar-refractivity contribution is 7.99. The predicted molar refractivity (Wildman–Crippen MR) is 106 cm³/mol. The van der Waals surface area contributed by atoms with Crippen molar-refractivity contribution in [1.29, 1.82) is 5.53 Å². The van der Waals surface area contributed by atoms with E-state index in [9.17, 15) is 16.8 Å². The van der Waals surface area contributed by atoms with E-state index in [1.807, 2.05) is 30.3 Å². The van der Waals surface area contributed by atoms with E-state index in [1.165, 1.54) is 23.9 Å². The van der Waals surface area contributed by atoms with Gasteiger partial charge in [-0.3, -0.25) is 9.11 Å². The Bertz CT molecular complexity index is 1060. The summed E-state index contributed by atoms with van der Waals surface area (Å²) in [5, 5.41) is 3.31. The fourth-order valence-electron chi connectivity index (χ4n) is 2.06. The third kappa shape index (κ3) is 8.37. The summed E-state index contributed by atoms with van der Waals surface area (Å²) in [7, 11) is -8.43. The molecule has 0 aromatic heterocycles. The van der Waals surface area contributed by atoms with Crippen LogP contribution in [-0.2, 0) is 20.2 Å². The van der Waals surface area contributed by atoms with Gasteiger partial charge in [0.25, 0.3) is 20.2 Å². The number of rotatable bonds is 11. The second kappa shape index (κ2) is 10.0. The van der Waals surface area contributed by atoms with E-state index in [2.05, 4.69) is 5.11 Å². The van der Waals surface area contributed by atoms with Crippen LogP contribution >= 0.6 is 11.8 Å². The van der Waals surface area contributed by atoms with Crippen molar-refractivity contribution in [2.75, 3.05) is 24.7 Å². The molecule has 0 saturated heterocycles. The second-order valence-electron chi connectivity index (χ2n) is 5.56. The van der Waals surface area contributed by atoms with Crippen LogP contribution in [0.25, 0.3) is 0 Å². The van der Waals surface area contributed by atoms with E-state index >= 15 is 0 Å². The zero-order valence-electron chi connectivity index (χ0n) is 14.9. The predicted octanol–water partition coefficient (Wildman–Crippen LogP) is 3.03. The van der Waals surface area contributed by atoms with Crippen LogP contribution in [0.2, 0.25) is 0 Å². The molecule has 0 aliphatic carbocycles. The van der Waals surface area contributed by atoms with E-state index in [0.29, 0.717) is 4.90 Å². The summed E-state index contributed by atoms with van der Waals surface area (Å²) < 4.78 is 72.0. The molecule has 13 heteroatoms. The fourth-order valence-corrected chi connectivity index (χ4v) is 3.57. The molecule has 0 bridgehead atoms. The highest BCUT2D eigenvalue weighted by atomic mass is 32.2. The van der Waals surface area contributed by atoms with Gasteiger partial charge in [-0.2, -0.15) is 21.9 Å². The summed E-state index contributed by atoms with van der Waals surface area (Å²) in [6, 6.07) is 11.9. The van der Waals surface area contributed by atoms with Crippen LogP contribution < -0.4 is 9.47 Å². The molecule has 0 spiro atoms. The molecule has 0 fully saturated rings.